The molecule has 2 unspecified atom stereocenters. The summed E-state index contributed by atoms with van der Waals surface area (Å²) in [5.74, 6) is -0.911. The Hall–Kier alpha value is -2.58. The Morgan fingerprint density at radius 1 is 1.12 bits per heavy atom. The molecule has 8 heteroatoms. The topological polar surface area (TPSA) is 65.7 Å². The number of nitrogens with one attached hydrogen (secondary N) is 1. The van der Waals surface area contributed by atoms with E-state index in [2.05, 4.69) is 23.3 Å². The number of aliphatic carboxylic acids is 1. The molecule has 1 saturated heterocycles. The van der Waals surface area contributed by atoms with Crippen LogP contribution in [0.25, 0.3) is 21.9 Å². The summed E-state index contributed by atoms with van der Waals surface area (Å²) in [7, 11) is 2.12. The van der Waals surface area contributed by atoms with Gasteiger partial charge in [-0.3, -0.25) is 10.1 Å². The first kappa shape index (κ1) is 24.5. The molecule has 0 bridgehead atoms. The van der Waals surface area contributed by atoms with Gasteiger partial charge in [-0.25, -0.2) is 0 Å². The lowest BCUT2D eigenvalue weighted by atomic mass is 9.89. The number of carbonyl (C=O) groups is 1. The quantitative estimate of drug-likeness (QED) is 0.432. The molecule has 1 aliphatic heterocycles. The van der Waals surface area contributed by atoms with Crippen molar-refractivity contribution in [3.8, 4) is 0 Å². The first-order chi connectivity index (χ1) is 16.0. The molecule has 1 fully saturated rings. The van der Waals surface area contributed by atoms with Gasteiger partial charge in [0.05, 0.1) is 0 Å². The van der Waals surface area contributed by atoms with Gasteiger partial charge in [-0.05, 0) is 80.6 Å². The maximum Gasteiger partial charge on any atom is 0.407 e. The predicted octanol–water partition coefficient (Wildman–Crippen LogP) is 6.09. The standard InChI is InChI=1S/C26H31F3N2O3/c1-15(2)12-21(25(32)33)30-24(26(27,28)29)18-4-6-19-20-13-17(16-8-10-31(3)11-9-16)5-7-22(20)34-23(19)14-18/h4-7,13-16,21,24,30H,8-12H2,1-3H3,(H,32,33). The molecule has 0 radical (unpaired) electrons. The second kappa shape index (κ2) is 9.58. The predicted molar refractivity (Wildman–Crippen MR) is 126 cm³/mol. The van der Waals surface area contributed by atoms with Crippen molar-refractivity contribution in [1.29, 1.82) is 0 Å². The highest BCUT2D eigenvalue weighted by Crippen LogP contribution is 2.38. The summed E-state index contributed by atoms with van der Waals surface area (Å²) < 4.78 is 47.8. The van der Waals surface area contributed by atoms with Gasteiger partial charge in [-0.1, -0.05) is 32.0 Å². The zero-order valence-corrected chi connectivity index (χ0v) is 19.7. The number of alkyl halides is 3. The van der Waals surface area contributed by atoms with E-state index in [-0.39, 0.29) is 17.9 Å². The van der Waals surface area contributed by atoms with Gasteiger partial charge in [0.25, 0.3) is 0 Å². The molecule has 2 N–H and O–H groups in total. The highest BCUT2D eigenvalue weighted by atomic mass is 19.4. The number of nitrogens with zero attached hydrogens (tertiary/aromatic N) is 1. The summed E-state index contributed by atoms with van der Waals surface area (Å²) >= 11 is 0. The van der Waals surface area contributed by atoms with Crippen LogP contribution >= 0.6 is 0 Å². The normalized spacial score (nSPS) is 18.1. The van der Waals surface area contributed by atoms with Crippen LogP contribution in [0, 0.1) is 5.92 Å². The maximum atomic E-state index is 14.0. The number of carboxylic acids is 1. The summed E-state index contributed by atoms with van der Waals surface area (Å²) in [5.41, 5.74) is 2.15. The van der Waals surface area contributed by atoms with Gasteiger partial charge in [0.1, 0.15) is 23.2 Å². The maximum absolute atomic E-state index is 14.0. The number of rotatable bonds is 7. The minimum Gasteiger partial charge on any atom is -0.480 e. The molecule has 0 saturated carbocycles. The van der Waals surface area contributed by atoms with E-state index in [9.17, 15) is 23.1 Å². The third kappa shape index (κ3) is 5.23. The van der Waals surface area contributed by atoms with Gasteiger partial charge in [-0.2, -0.15) is 13.2 Å². The van der Waals surface area contributed by atoms with Crippen molar-refractivity contribution in [3.05, 3.63) is 47.5 Å². The number of piperidine rings is 1. The van der Waals surface area contributed by atoms with E-state index >= 15 is 0 Å². The first-order valence-electron chi connectivity index (χ1n) is 11.7. The minimum atomic E-state index is -4.66. The highest BCUT2D eigenvalue weighted by Gasteiger charge is 2.43. The molecule has 5 nitrogen and oxygen atoms in total. The van der Waals surface area contributed by atoms with Gasteiger partial charge >= 0.3 is 12.1 Å². The summed E-state index contributed by atoms with van der Waals surface area (Å²) in [6.45, 7) is 5.64. The molecule has 184 valence electrons. The minimum absolute atomic E-state index is 0.0652. The van der Waals surface area contributed by atoms with E-state index in [0.29, 0.717) is 17.1 Å². The SMILES string of the molecule is CC(C)CC(NC(c1ccc2c(c1)oc1ccc(C3CCN(C)CC3)cc12)C(F)(F)F)C(=O)O. The van der Waals surface area contributed by atoms with E-state index < -0.39 is 24.2 Å². The Bertz CT molecular complexity index is 1160. The molecule has 0 amide bonds. The van der Waals surface area contributed by atoms with Crippen molar-refractivity contribution in [2.45, 2.75) is 57.3 Å². The van der Waals surface area contributed by atoms with Gasteiger partial charge in [0.15, 0.2) is 0 Å². The third-order valence-electron chi connectivity index (χ3n) is 6.74. The number of hydrogen-bond acceptors (Lipinski definition) is 4. The summed E-state index contributed by atoms with van der Waals surface area (Å²) in [4.78, 5) is 13.9. The fraction of sp³-hybridized carbons (Fsp3) is 0.500. The zero-order chi connectivity index (χ0) is 24.6. The second-order valence-corrected chi connectivity index (χ2v) is 9.85. The van der Waals surface area contributed by atoms with Gasteiger partial charge in [-0.15, -0.1) is 0 Å². The number of carboxylic acid groups (broad SMARTS) is 1. The zero-order valence-electron chi connectivity index (χ0n) is 19.7. The summed E-state index contributed by atoms with van der Waals surface area (Å²) in [6.07, 6.45) is -2.43. The first-order valence-corrected chi connectivity index (χ1v) is 11.7. The molecule has 2 aromatic carbocycles. The third-order valence-corrected chi connectivity index (χ3v) is 6.74. The summed E-state index contributed by atoms with van der Waals surface area (Å²) in [5, 5.41) is 13.4. The Kier molecular flexibility index (Phi) is 6.92. The second-order valence-electron chi connectivity index (χ2n) is 9.85. The molecule has 1 aromatic heterocycles. The fourth-order valence-corrected chi connectivity index (χ4v) is 4.88. The highest BCUT2D eigenvalue weighted by molar-refractivity contribution is 6.05. The van der Waals surface area contributed by atoms with E-state index in [4.69, 9.17) is 4.42 Å². The molecule has 4 rings (SSSR count). The van der Waals surface area contributed by atoms with Crippen molar-refractivity contribution < 1.29 is 27.5 Å². The van der Waals surface area contributed by atoms with Crippen molar-refractivity contribution in [1.82, 2.24) is 10.2 Å². The molecule has 0 aliphatic carbocycles. The number of hydrogen-bond donors (Lipinski definition) is 2. The average molecular weight is 477 g/mol. The molecule has 0 spiro atoms. The number of fused-ring (bicyclic) bond motifs is 3. The monoisotopic (exact) mass is 476 g/mol. The Morgan fingerprint density at radius 3 is 2.44 bits per heavy atom. The van der Waals surface area contributed by atoms with Gasteiger partial charge < -0.3 is 14.4 Å². The van der Waals surface area contributed by atoms with E-state index in [0.717, 1.165) is 36.7 Å². The number of likely N-dealkylation sites (tertiary alicyclic amines) is 1. The lowest BCUT2D eigenvalue weighted by molar-refractivity contribution is -0.163. The van der Waals surface area contributed by atoms with Crippen LogP contribution in [0.5, 0.6) is 0 Å². The van der Waals surface area contributed by atoms with Crippen molar-refractivity contribution >= 4 is 27.9 Å². The molecular formula is C26H31F3N2O3. The van der Waals surface area contributed by atoms with Crippen LogP contribution in [-0.2, 0) is 4.79 Å². The van der Waals surface area contributed by atoms with Crippen LogP contribution in [0.1, 0.15) is 56.2 Å². The number of benzene rings is 2. The van der Waals surface area contributed by atoms with Gasteiger partial charge in [0.2, 0.25) is 0 Å². The Labute approximate surface area is 196 Å². The van der Waals surface area contributed by atoms with Crippen LogP contribution in [-0.4, -0.2) is 48.3 Å². The van der Waals surface area contributed by atoms with Crippen LogP contribution in [0.2, 0.25) is 0 Å². The summed E-state index contributed by atoms with van der Waals surface area (Å²) in [6, 6.07) is 7.06. The molecule has 34 heavy (non-hydrogen) atoms. The Morgan fingerprint density at radius 2 is 1.82 bits per heavy atom. The van der Waals surface area contributed by atoms with Crippen LogP contribution in [0.3, 0.4) is 0 Å². The van der Waals surface area contributed by atoms with Crippen molar-refractivity contribution in [3.63, 3.8) is 0 Å². The lowest BCUT2D eigenvalue weighted by Crippen LogP contribution is -2.45. The van der Waals surface area contributed by atoms with Crippen molar-refractivity contribution in [2.24, 2.45) is 5.92 Å². The van der Waals surface area contributed by atoms with Crippen molar-refractivity contribution in [2.75, 3.05) is 20.1 Å². The molecule has 2 heterocycles. The Balaban J connectivity index is 1.68. The molecule has 2 atom stereocenters. The smallest absolute Gasteiger partial charge is 0.407 e. The largest absolute Gasteiger partial charge is 0.480 e. The lowest BCUT2D eigenvalue weighted by Gasteiger charge is -2.29. The number of halogens is 3. The molecule has 3 aromatic rings. The van der Waals surface area contributed by atoms with E-state index in [1.807, 2.05) is 12.1 Å². The van der Waals surface area contributed by atoms with Crippen LogP contribution in [0.15, 0.2) is 40.8 Å². The molecule has 1 aliphatic rings. The van der Waals surface area contributed by atoms with Crippen LogP contribution < -0.4 is 5.32 Å². The fourth-order valence-electron chi connectivity index (χ4n) is 4.88. The number of furan rings is 1. The van der Waals surface area contributed by atoms with Gasteiger partial charge in [0, 0.05) is 10.8 Å². The molecular weight excluding hydrogens is 445 g/mol. The van der Waals surface area contributed by atoms with Crippen LogP contribution in [0.4, 0.5) is 13.2 Å². The van der Waals surface area contributed by atoms with E-state index in [1.165, 1.54) is 17.7 Å². The average Bonchev–Trinajstić information content (AvgIpc) is 3.12. The van der Waals surface area contributed by atoms with E-state index in [1.54, 1.807) is 19.9 Å².